The molecule has 0 aromatic carbocycles. The zero-order valence-corrected chi connectivity index (χ0v) is 31.3. The Morgan fingerprint density at radius 2 is 0.432 bits per heavy atom. The second-order valence-electron chi connectivity index (χ2n) is 14.2. The van der Waals surface area contributed by atoms with Gasteiger partial charge in [0.2, 0.25) is 0 Å². The van der Waals surface area contributed by atoms with Crippen LogP contribution in [-0.2, 0) is 0 Å². The lowest BCUT2D eigenvalue weighted by Gasteiger charge is -2.31. The maximum absolute atomic E-state index is 14.0. The van der Waals surface area contributed by atoms with Gasteiger partial charge in [-0.25, -0.2) is 4.79 Å². The van der Waals surface area contributed by atoms with Crippen molar-refractivity contribution >= 4 is 6.03 Å². The highest BCUT2D eigenvalue weighted by Crippen LogP contribution is 2.16. The van der Waals surface area contributed by atoms with Crippen molar-refractivity contribution in [1.82, 2.24) is 9.80 Å². The molecule has 0 N–H and O–H groups in total. The van der Waals surface area contributed by atoms with Gasteiger partial charge in [0.1, 0.15) is 0 Å². The van der Waals surface area contributed by atoms with Crippen LogP contribution >= 0.6 is 0 Å². The van der Waals surface area contributed by atoms with E-state index in [1.54, 1.807) is 0 Å². The first-order chi connectivity index (χ1) is 21.7. The number of unbranched alkanes of at least 4 members (excludes halogenated alkanes) is 28. The number of nitrogens with zero attached hydrogens (tertiary/aromatic N) is 2. The van der Waals surface area contributed by atoms with E-state index in [1.165, 1.54) is 205 Å². The number of amides is 2. The van der Waals surface area contributed by atoms with Gasteiger partial charge in [-0.3, -0.25) is 0 Å². The first-order valence-corrected chi connectivity index (χ1v) is 20.7. The standard InChI is InChI=1S/C41H84N2O/c1-5-9-13-17-21-25-29-33-37-42(38-34-30-26-22-18-14-10-6-2)41(44)43(39-35-31-27-23-19-15-11-7-3)40-36-32-28-24-20-16-12-8-4/h5-40H2,1-4H3. The number of urea groups is 1. The highest BCUT2D eigenvalue weighted by atomic mass is 16.2. The van der Waals surface area contributed by atoms with E-state index in [2.05, 4.69) is 37.5 Å². The summed E-state index contributed by atoms with van der Waals surface area (Å²) in [5.41, 5.74) is 0. The van der Waals surface area contributed by atoms with Crippen molar-refractivity contribution in [2.45, 2.75) is 233 Å². The summed E-state index contributed by atoms with van der Waals surface area (Å²) in [4.78, 5) is 18.6. The minimum absolute atomic E-state index is 0.363. The maximum atomic E-state index is 14.0. The fourth-order valence-corrected chi connectivity index (χ4v) is 6.55. The van der Waals surface area contributed by atoms with E-state index >= 15 is 0 Å². The Morgan fingerprint density at radius 3 is 0.614 bits per heavy atom. The molecule has 0 atom stereocenters. The molecule has 0 spiro atoms. The SMILES string of the molecule is CCCCCCCCCCN(CCCCCCCCCC)C(=O)N(CCCCCCCCCC)CCCCCCCCCC. The Kier molecular flexibility index (Phi) is 36.1. The average molecular weight is 621 g/mol. The van der Waals surface area contributed by atoms with Crippen LogP contribution in [0.5, 0.6) is 0 Å². The van der Waals surface area contributed by atoms with Gasteiger partial charge in [-0.05, 0) is 25.7 Å². The third-order valence-electron chi connectivity index (χ3n) is 9.67. The summed E-state index contributed by atoms with van der Waals surface area (Å²) in [6, 6.07) is 0.363. The molecular weight excluding hydrogens is 536 g/mol. The van der Waals surface area contributed by atoms with Crippen LogP contribution in [0.1, 0.15) is 233 Å². The topological polar surface area (TPSA) is 23.6 Å². The normalized spacial score (nSPS) is 11.4. The Balaban J connectivity index is 4.88. The number of carbonyl (C=O) groups excluding carboxylic acids is 1. The van der Waals surface area contributed by atoms with Crippen LogP contribution in [0.4, 0.5) is 4.79 Å². The van der Waals surface area contributed by atoms with Crippen molar-refractivity contribution in [2.75, 3.05) is 26.2 Å². The van der Waals surface area contributed by atoms with Gasteiger partial charge in [0, 0.05) is 26.2 Å². The summed E-state index contributed by atoms with van der Waals surface area (Å²) in [7, 11) is 0. The molecule has 0 aliphatic carbocycles. The lowest BCUT2D eigenvalue weighted by Crippen LogP contribution is -2.45. The molecule has 0 aliphatic rings. The third-order valence-corrected chi connectivity index (χ3v) is 9.67. The van der Waals surface area contributed by atoms with Gasteiger partial charge in [-0.15, -0.1) is 0 Å². The molecule has 3 heteroatoms. The monoisotopic (exact) mass is 621 g/mol. The molecule has 0 aromatic rings. The van der Waals surface area contributed by atoms with E-state index in [-0.39, 0.29) is 0 Å². The molecule has 0 aliphatic heterocycles. The van der Waals surface area contributed by atoms with Gasteiger partial charge >= 0.3 is 6.03 Å². The molecule has 0 heterocycles. The molecule has 44 heavy (non-hydrogen) atoms. The van der Waals surface area contributed by atoms with E-state index in [0.717, 1.165) is 26.2 Å². The molecule has 0 unspecified atom stereocenters. The van der Waals surface area contributed by atoms with Crippen molar-refractivity contribution in [1.29, 1.82) is 0 Å². The molecule has 0 radical (unpaired) electrons. The summed E-state index contributed by atoms with van der Waals surface area (Å²) in [6.45, 7) is 13.1. The van der Waals surface area contributed by atoms with Gasteiger partial charge in [0.25, 0.3) is 0 Å². The minimum Gasteiger partial charge on any atom is -0.325 e. The van der Waals surface area contributed by atoms with Gasteiger partial charge in [0.15, 0.2) is 0 Å². The summed E-state index contributed by atoms with van der Waals surface area (Å²) >= 11 is 0. The molecule has 0 fully saturated rings. The van der Waals surface area contributed by atoms with Crippen molar-refractivity contribution in [3.63, 3.8) is 0 Å². The number of carbonyl (C=O) groups is 1. The van der Waals surface area contributed by atoms with E-state index in [4.69, 9.17) is 0 Å². The average Bonchev–Trinajstić information content (AvgIpc) is 3.03. The maximum Gasteiger partial charge on any atom is 0.319 e. The van der Waals surface area contributed by atoms with Crippen LogP contribution in [0, 0.1) is 0 Å². The summed E-state index contributed by atoms with van der Waals surface area (Å²) in [6.07, 6.45) is 42.6. The number of hydrogen-bond acceptors (Lipinski definition) is 1. The highest BCUT2D eigenvalue weighted by molar-refractivity contribution is 5.74. The van der Waals surface area contributed by atoms with Gasteiger partial charge in [0.05, 0.1) is 0 Å². The lowest BCUT2D eigenvalue weighted by molar-refractivity contribution is 0.148. The van der Waals surface area contributed by atoms with Crippen molar-refractivity contribution < 1.29 is 4.79 Å². The largest absolute Gasteiger partial charge is 0.325 e. The smallest absolute Gasteiger partial charge is 0.319 e. The first kappa shape index (κ1) is 43.3. The zero-order chi connectivity index (χ0) is 32.2. The Labute approximate surface area is 279 Å². The molecular formula is C41H84N2O. The molecule has 0 rings (SSSR count). The van der Waals surface area contributed by atoms with Crippen molar-refractivity contribution in [3.8, 4) is 0 Å². The fourth-order valence-electron chi connectivity index (χ4n) is 6.55. The summed E-state index contributed by atoms with van der Waals surface area (Å²) < 4.78 is 0. The van der Waals surface area contributed by atoms with E-state index < -0.39 is 0 Å². The van der Waals surface area contributed by atoms with Crippen LogP contribution in [0.2, 0.25) is 0 Å². The Bertz CT molecular complexity index is 465. The van der Waals surface area contributed by atoms with Crippen molar-refractivity contribution in [2.24, 2.45) is 0 Å². The quantitative estimate of drug-likeness (QED) is 0.0639. The molecule has 0 bridgehead atoms. The molecule has 2 amide bonds. The number of rotatable bonds is 36. The minimum atomic E-state index is 0.363. The Morgan fingerprint density at radius 1 is 0.273 bits per heavy atom. The Hall–Kier alpha value is -0.730. The zero-order valence-electron chi connectivity index (χ0n) is 31.3. The second-order valence-corrected chi connectivity index (χ2v) is 14.2. The van der Waals surface area contributed by atoms with Crippen LogP contribution in [0.3, 0.4) is 0 Å². The van der Waals surface area contributed by atoms with E-state index in [0.29, 0.717) is 6.03 Å². The van der Waals surface area contributed by atoms with E-state index in [9.17, 15) is 4.79 Å². The summed E-state index contributed by atoms with van der Waals surface area (Å²) in [5.74, 6) is 0. The highest BCUT2D eigenvalue weighted by Gasteiger charge is 2.20. The van der Waals surface area contributed by atoms with Gasteiger partial charge < -0.3 is 9.80 Å². The first-order valence-electron chi connectivity index (χ1n) is 20.7. The van der Waals surface area contributed by atoms with Gasteiger partial charge in [-0.1, -0.05) is 207 Å². The van der Waals surface area contributed by atoms with Crippen molar-refractivity contribution in [3.05, 3.63) is 0 Å². The van der Waals surface area contributed by atoms with Crippen LogP contribution in [0.15, 0.2) is 0 Å². The number of hydrogen-bond donors (Lipinski definition) is 0. The van der Waals surface area contributed by atoms with Gasteiger partial charge in [-0.2, -0.15) is 0 Å². The molecule has 0 saturated heterocycles. The lowest BCUT2D eigenvalue weighted by atomic mass is 10.1. The molecule has 0 aromatic heterocycles. The fraction of sp³-hybridized carbons (Fsp3) is 0.976. The predicted octanol–water partition coefficient (Wildman–Crippen LogP) is 14.3. The van der Waals surface area contributed by atoms with Crippen LogP contribution in [-0.4, -0.2) is 42.0 Å². The van der Waals surface area contributed by atoms with Crippen LogP contribution < -0.4 is 0 Å². The molecule has 264 valence electrons. The summed E-state index contributed by atoms with van der Waals surface area (Å²) in [5, 5.41) is 0. The van der Waals surface area contributed by atoms with Crippen LogP contribution in [0.25, 0.3) is 0 Å². The molecule has 0 saturated carbocycles. The van der Waals surface area contributed by atoms with E-state index in [1.807, 2.05) is 0 Å². The molecule has 3 nitrogen and oxygen atoms in total. The second kappa shape index (κ2) is 36.7. The third kappa shape index (κ3) is 30.0. The predicted molar refractivity (Wildman–Crippen MR) is 199 cm³/mol.